The van der Waals surface area contributed by atoms with E-state index in [9.17, 15) is 15.3 Å². The molecule has 1 atom stereocenters. The van der Waals surface area contributed by atoms with Gasteiger partial charge in [0.15, 0.2) is 0 Å². The van der Waals surface area contributed by atoms with Crippen LogP contribution in [0, 0.1) is 0 Å². The SMILES string of the molecule is C\C=C(C)/C(O)=C(C)\C=C(/C)C(C)c1ccc(O)cc1O. The largest absolute Gasteiger partial charge is 0.508 e. The van der Waals surface area contributed by atoms with Gasteiger partial charge in [-0.15, -0.1) is 0 Å². The number of aliphatic hydroxyl groups is 1. The Bertz CT molecular complexity index is 607. The molecule has 0 aliphatic carbocycles. The fraction of sp³-hybridized carbons (Fsp3) is 0.333. The van der Waals surface area contributed by atoms with Crippen molar-refractivity contribution in [3.05, 3.63) is 58.4 Å². The summed E-state index contributed by atoms with van der Waals surface area (Å²) in [6.07, 6.45) is 3.77. The highest BCUT2D eigenvalue weighted by molar-refractivity contribution is 5.45. The van der Waals surface area contributed by atoms with Crippen molar-refractivity contribution in [3.8, 4) is 11.5 Å². The zero-order valence-electron chi connectivity index (χ0n) is 13.3. The predicted molar refractivity (Wildman–Crippen MR) is 86.7 cm³/mol. The number of phenols is 2. The molecule has 0 saturated heterocycles. The fourth-order valence-electron chi connectivity index (χ4n) is 2.13. The van der Waals surface area contributed by atoms with Gasteiger partial charge in [0.1, 0.15) is 17.3 Å². The van der Waals surface area contributed by atoms with E-state index in [0.717, 1.165) is 22.3 Å². The first-order valence-electron chi connectivity index (χ1n) is 7.01. The lowest BCUT2D eigenvalue weighted by Gasteiger charge is -2.15. The van der Waals surface area contributed by atoms with Crippen molar-refractivity contribution in [1.29, 1.82) is 0 Å². The van der Waals surface area contributed by atoms with Crippen LogP contribution in [0.5, 0.6) is 11.5 Å². The maximum absolute atomic E-state index is 10.1. The van der Waals surface area contributed by atoms with Gasteiger partial charge < -0.3 is 15.3 Å². The van der Waals surface area contributed by atoms with Crippen molar-refractivity contribution >= 4 is 0 Å². The Morgan fingerprint density at radius 3 is 2.29 bits per heavy atom. The third-order valence-electron chi connectivity index (χ3n) is 3.79. The molecule has 0 saturated carbocycles. The summed E-state index contributed by atoms with van der Waals surface area (Å²) >= 11 is 0. The van der Waals surface area contributed by atoms with Crippen LogP contribution in [0.3, 0.4) is 0 Å². The maximum atomic E-state index is 10.1. The van der Waals surface area contributed by atoms with Crippen LogP contribution >= 0.6 is 0 Å². The van der Waals surface area contributed by atoms with Crippen LogP contribution in [0.1, 0.15) is 46.1 Å². The normalized spacial score (nSPS) is 15.7. The molecule has 3 heteroatoms. The van der Waals surface area contributed by atoms with Crippen LogP contribution in [-0.4, -0.2) is 15.3 Å². The Labute approximate surface area is 126 Å². The third kappa shape index (κ3) is 4.15. The lowest BCUT2D eigenvalue weighted by atomic mass is 9.91. The molecule has 114 valence electrons. The van der Waals surface area contributed by atoms with Gasteiger partial charge >= 0.3 is 0 Å². The van der Waals surface area contributed by atoms with Crippen LogP contribution in [0.2, 0.25) is 0 Å². The monoisotopic (exact) mass is 288 g/mol. The standard InChI is InChI=1S/C18H24O3/c1-6-11(2)18(21)13(4)9-12(3)14(5)16-8-7-15(19)10-17(16)20/h6-10,14,19-21H,1-5H3/b11-6-,12-9+,18-13+. The Morgan fingerprint density at radius 2 is 1.76 bits per heavy atom. The molecule has 1 aromatic carbocycles. The van der Waals surface area contributed by atoms with E-state index in [-0.39, 0.29) is 23.2 Å². The lowest BCUT2D eigenvalue weighted by Crippen LogP contribution is -1.97. The molecule has 21 heavy (non-hydrogen) atoms. The summed E-state index contributed by atoms with van der Waals surface area (Å²) in [6.45, 7) is 9.53. The van der Waals surface area contributed by atoms with Crippen LogP contribution in [0.4, 0.5) is 0 Å². The molecule has 0 aliphatic rings. The molecule has 3 N–H and O–H groups in total. The number of hydrogen-bond acceptors (Lipinski definition) is 3. The van der Waals surface area contributed by atoms with Gasteiger partial charge in [0.2, 0.25) is 0 Å². The summed E-state index contributed by atoms with van der Waals surface area (Å²) < 4.78 is 0. The van der Waals surface area contributed by atoms with Gasteiger partial charge in [-0.25, -0.2) is 0 Å². The first kappa shape index (κ1) is 16.9. The van der Waals surface area contributed by atoms with E-state index in [1.54, 1.807) is 12.1 Å². The summed E-state index contributed by atoms with van der Waals surface area (Å²) in [4.78, 5) is 0. The van der Waals surface area contributed by atoms with E-state index in [1.807, 2.05) is 46.8 Å². The van der Waals surface area contributed by atoms with Crippen LogP contribution in [0.25, 0.3) is 0 Å². The van der Waals surface area contributed by atoms with Gasteiger partial charge in [-0.2, -0.15) is 0 Å². The van der Waals surface area contributed by atoms with Gasteiger partial charge in [-0.1, -0.05) is 30.7 Å². The number of aromatic hydroxyl groups is 2. The van der Waals surface area contributed by atoms with Crippen molar-refractivity contribution in [2.24, 2.45) is 0 Å². The molecular formula is C18H24O3. The quantitative estimate of drug-likeness (QED) is 0.543. The van der Waals surface area contributed by atoms with Crippen LogP contribution < -0.4 is 0 Å². The molecule has 0 bridgehead atoms. The van der Waals surface area contributed by atoms with Gasteiger partial charge in [-0.05, 0) is 44.9 Å². The van der Waals surface area contributed by atoms with E-state index in [2.05, 4.69) is 0 Å². The van der Waals surface area contributed by atoms with Crippen LogP contribution in [0.15, 0.2) is 52.8 Å². The second-order valence-corrected chi connectivity index (χ2v) is 5.36. The van der Waals surface area contributed by atoms with E-state index < -0.39 is 0 Å². The summed E-state index contributed by atoms with van der Waals surface area (Å²) in [6, 6.07) is 4.61. The number of hydrogen-bond donors (Lipinski definition) is 3. The van der Waals surface area contributed by atoms with E-state index in [0.29, 0.717) is 0 Å². The van der Waals surface area contributed by atoms with Gasteiger partial charge in [0.25, 0.3) is 0 Å². The molecule has 0 amide bonds. The Kier molecular flexibility index (Phi) is 5.65. The number of phenolic OH excluding ortho intramolecular Hbond substituents is 2. The second-order valence-electron chi connectivity index (χ2n) is 5.36. The Morgan fingerprint density at radius 1 is 1.14 bits per heavy atom. The molecule has 0 radical (unpaired) electrons. The van der Waals surface area contributed by atoms with Crippen molar-refractivity contribution in [2.75, 3.05) is 0 Å². The minimum Gasteiger partial charge on any atom is -0.508 e. The molecule has 0 aliphatic heterocycles. The topological polar surface area (TPSA) is 60.7 Å². The first-order chi connectivity index (χ1) is 9.77. The highest BCUT2D eigenvalue weighted by Crippen LogP contribution is 2.33. The van der Waals surface area contributed by atoms with E-state index >= 15 is 0 Å². The third-order valence-corrected chi connectivity index (χ3v) is 3.79. The second kappa shape index (κ2) is 7.02. The van der Waals surface area contributed by atoms with Gasteiger partial charge in [0.05, 0.1) is 0 Å². The molecule has 0 heterocycles. The zero-order chi connectivity index (χ0) is 16.2. The fourth-order valence-corrected chi connectivity index (χ4v) is 2.13. The highest BCUT2D eigenvalue weighted by atomic mass is 16.3. The molecule has 0 spiro atoms. The molecule has 1 rings (SSSR count). The Hall–Kier alpha value is -2.16. The zero-order valence-corrected chi connectivity index (χ0v) is 13.3. The molecule has 3 nitrogen and oxygen atoms in total. The van der Waals surface area contributed by atoms with Crippen molar-refractivity contribution in [3.63, 3.8) is 0 Å². The average Bonchev–Trinajstić information content (AvgIpc) is 2.44. The smallest absolute Gasteiger partial charge is 0.123 e. The molecule has 1 aromatic rings. The highest BCUT2D eigenvalue weighted by Gasteiger charge is 2.13. The summed E-state index contributed by atoms with van der Waals surface area (Å²) in [5.41, 5.74) is 3.38. The lowest BCUT2D eigenvalue weighted by molar-refractivity contribution is 0.418. The summed E-state index contributed by atoms with van der Waals surface area (Å²) in [5.74, 6) is 0.381. The number of benzene rings is 1. The molecule has 0 fully saturated rings. The molecular weight excluding hydrogens is 264 g/mol. The summed E-state index contributed by atoms with van der Waals surface area (Å²) in [7, 11) is 0. The minimum absolute atomic E-state index is 0.0146. The minimum atomic E-state index is -0.0146. The van der Waals surface area contributed by atoms with Gasteiger partial charge in [0, 0.05) is 17.5 Å². The molecule has 0 aromatic heterocycles. The average molecular weight is 288 g/mol. The van der Waals surface area contributed by atoms with Crippen molar-refractivity contribution < 1.29 is 15.3 Å². The van der Waals surface area contributed by atoms with E-state index in [1.165, 1.54) is 6.07 Å². The van der Waals surface area contributed by atoms with Crippen LogP contribution in [-0.2, 0) is 0 Å². The predicted octanol–water partition coefficient (Wildman–Crippen LogP) is 4.95. The number of rotatable bonds is 4. The van der Waals surface area contributed by atoms with Gasteiger partial charge in [-0.3, -0.25) is 0 Å². The first-order valence-corrected chi connectivity index (χ1v) is 7.01. The molecule has 1 unspecified atom stereocenters. The Balaban J connectivity index is 3.12. The maximum Gasteiger partial charge on any atom is 0.123 e. The van der Waals surface area contributed by atoms with E-state index in [4.69, 9.17) is 0 Å². The number of aliphatic hydroxyl groups excluding tert-OH is 1. The van der Waals surface area contributed by atoms with Crippen molar-refractivity contribution in [1.82, 2.24) is 0 Å². The summed E-state index contributed by atoms with van der Waals surface area (Å²) in [5, 5.41) is 29.3. The van der Waals surface area contributed by atoms with Crippen molar-refractivity contribution in [2.45, 2.75) is 40.5 Å². The number of allylic oxidation sites excluding steroid dienone is 5.